The average molecular weight is 457 g/mol. The third-order valence-corrected chi connectivity index (χ3v) is 6.55. The van der Waals surface area contributed by atoms with E-state index in [4.69, 9.17) is 4.74 Å². The van der Waals surface area contributed by atoms with E-state index in [2.05, 4.69) is 72.6 Å². The predicted octanol–water partition coefficient (Wildman–Crippen LogP) is 5.57. The highest BCUT2D eigenvalue weighted by Gasteiger charge is 2.19. The van der Waals surface area contributed by atoms with E-state index in [-0.39, 0.29) is 5.91 Å². The van der Waals surface area contributed by atoms with Crippen molar-refractivity contribution in [2.45, 2.75) is 39.7 Å². The van der Waals surface area contributed by atoms with Crippen molar-refractivity contribution in [1.82, 2.24) is 10.2 Å². The Balaban J connectivity index is 1.17. The highest BCUT2D eigenvalue weighted by Crippen LogP contribution is 2.23. The molecule has 178 valence electrons. The van der Waals surface area contributed by atoms with Gasteiger partial charge in [-0.2, -0.15) is 0 Å². The zero-order chi connectivity index (χ0) is 23.8. The highest BCUT2D eigenvalue weighted by atomic mass is 16.5. The fourth-order valence-corrected chi connectivity index (χ4v) is 4.77. The average Bonchev–Trinajstić information content (AvgIpc) is 2.83. The first-order valence-corrected chi connectivity index (χ1v) is 12.4. The summed E-state index contributed by atoms with van der Waals surface area (Å²) in [5.41, 5.74) is 5.76. The highest BCUT2D eigenvalue weighted by molar-refractivity contribution is 5.94. The Morgan fingerprint density at radius 2 is 1.59 bits per heavy atom. The first kappa shape index (κ1) is 24.0. The molecule has 1 aliphatic heterocycles. The number of rotatable bonds is 9. The van der Waals surface area contributed by atoms with Gasteiger partial charge >= 0.3 is 0 Å². The number of benzene rings is 3. The van der Waals surface area contributed by atoms with Crippen LogP contribution in [-0.2, 0) is 13.0 Å². The molecular formula is C30H36N2O2. The number of likely N-dealkylation sites (tertiary alicyclic amines) is 1. The summed E-state index contributed by atoms with van der Waals surface area (Å²) >= 11 is 0. The van der Waals surface area contributed by atoms with Crippen LogP contribution in [0.4, 0.5) is 0 Å². The van der Waals surface area contributed by atoms with E-state index in [1.165, 1.54) is 41.5 Å². The van der Waals surface area contributed by atoms with Crippen molar-refractivity contribution in [3.63, 3.8) is 0 Å². The van der Waals surface area contributed by atoms with Crippen molar-refractivity contribution < 1.29 is 9.53 Å². The fraction of sp³-hybridized carbons (Fsp3) is 0.367. The summed E-state index contributed by atoms with van der Waals surface area (Å²) in [4.78, 5) is 15.0. The molecule has 4 nitrogen and oxygen atoms in total. The Hall–Kier alpha value is -3.11. The molecule has 4 heteroatoms. The Labute approximate surface area is 204 Å². The maximum atomic E-state index is 12.5. The molecule has 1 heterocycles. The summed E-state index contributed by atoms with van der Waals surface area (Å²) in [6.07, 6.45) is 3.69. The molecule has 1 N–H and O–H groups in total. The van der Waals surface area contributed by atoms with Crippen LogP contribution in [0.2, 0.25) is 0 Å². The minimum Gasteiger partial charge on any atom is -0.492 e. The lowest BCUT2D eigenvalue weighted by Crippen LogP contribution is -2.33. The van der Waals surface area contributed by atoms with Crippen molar-refractivity contribution in [3.05, 3.63) is 101 Å². The largest absolute Gasteiger partial charge is 0.492 e. The number of ether oxygens (including phenoxy) is 1. The van der Waals surface area contributed by atoms with Gasteiger partial charge in [-0.15, -0.1) is 0 Å². The van der Waals surface area contributed by atoms with E-state index in [9.17, 15) is 4.79 Å². The lowest BCUT2D eigenvalue weighted by Gasteiger charge is -2.32. The Morgan fingerprint density at radius 1 is 0.912 bits per heavy atom. The van der Waals surface area contributed by atoms with Crippen LogP contribution in [-0.4, -0.2) is 37.0 Å². The van der Waals surface area contributed by atoms with Crippen LogP contribution in [0.25, 0.3) is 0 Å². The van der Waals surface area contributed by atoms with Gasteiger partial charge in [0.1, 0.15) is 12.4 Å². The van der Waals surface area contributed by atoms with E-state index >= 15 is 0 Å². The van der Waals surface area contributed by atoms with E-state index in [1.807, 2.05) is 24.3 Å². The summed E-state index contributed by atoms with van der Waals surface area (Å²) in [5.74, 6) is 1.57. The maximum absolute atomic E-state index is 12.5. The maximum Gasteiger partial charge on any atom is 0.251 e. The number of hydrogen-bond donors (Lipinski definition) is 1. The lowest BCUT2D eigenvalue weighted by atomic mass is 9.90. The summed E-state index contributed by atoms with van der Waals surface area (Å²) in [6.45, 7) is 8.27. The summed E-state index contributed by atoms with van der Waals surface area (Å²) in [6, 6.07) is 25.0. The number of nitrogens with zero attached hydrogens (tertiary/aromatic N) is 1. The van der Waals surface area contributed by atoms with Crippen molar-refractivity contribution in [3.8, 4) is 5.75 Å². The van der Waals surface area contributed by atoms with Crippen LogP contribution >= 0.6 is 0 Å². The van der Waals surface area contributed by atoms with Crippen LogP contribution in [0.1, 0.15) is 45.5 Å². The van der Waals surface area contributed by atoms with Crippen molar-refractivity contribution in [2.24, 2.45) is 5.92 Å². The SMILES string of the molecule is Cc1cc(C)cc(OCCNC(=O)c2ccc(CN3CCC(Cc4ccccc4)CC3)cc2)c1. The molecule has 1 fully saturated rings. The Bertz CT molecular complexity index is 1030. The van der Waals surface area contributed by atoms with Crippen molar-refractivity contribution in [2.75, 3.05) is 26.2 Å². The van der Waals surface area contributed by atoms with Gasteiger partial charge in [-0.1, -0.05) is 48.5 Å². The molecule has 3 aromatic rings. The van der Waals surface area contributed by atoms with Gasteiger partial charge in [-0.05, 0) is 98.6 Å². The van der Waals surface area contributed by atoms with E-state index in [0.717, 1.165) is 31.3 Å². The summed E-state index contributed by atoms with van der Waals surface area (Å²) < 4.78 is 5.78. The Morgan fingerprint density at radius 3 is 2.26 bits per heavy atom. The van der Waals surface area contributed by atoms with E-state index in [1.54, 1.807) is 0 Å². The first-order valence-electron chi connectivity index (χ1n) is 12.4. The van der Waals surface area contributed by atoms with Gasteiger partial charge in [0.25, 0.3) is 5.91 Å². The number of amides is 1. The standard InChI is InChI=1S/C30H36N2O2/c1-23-18-24(2)20-29(19-23)34-17-14-31-30(33)28-10-8-27(9-11-28)22-32-15-12-26(13-16-32)21-25-6-4-3-5-7-25/h3-11,18-20,26H,12-17,21-22H2,1-2H3,(H,31,33). The molecule has 0 saturated carbocycles. The molecule has 1 aliphatic rings. The smallest absolute Gasteiger partial charge is 0.251 e. The number of hydrogen-bond acceptors (Lipinski definition) is 3. The van der Waals surface area contributed by atoms with Crippen molar-refractivity contribution in [1.29, 1.82) is 0 Å². The van der Waals surface area contributed by atoms with Gasteiger partial charge < -0.3 is 10.1 Å². The second-order valence-electron chi connectivity index (χ2n) is 9.53. The Kier molecular flexibility index (Phi) is 8.37. The zero-order valence-electron chi connectivity index (χ0n) is 20.4. The summed E-state index contributed by atoms with van der Waals surface area (Å²) in [5, 5.41) is 2.95. The molecular weight excluding hydrogens is 420 g/mol. The molecule has 0 bridgehead atoms. The van der Waals surface area contributed by atoms with Crippen LogP contribution in [0.15, 0.2) is 72.8 Å². The lowest BCUT2D eigenvalue weighted by molar-refractivity contribution is 0.0947. The first-order chi connectivity index (χ1) is 16.5. The minimum atomic E-state index is -0.0581. The van der Waals surface area contributed by atoms with Gasteiger partial charge in [0.15, 0.2) is 0 Å². The minimum absolute atomic E-state index is 0.0581. The number of carbonyl (C=O) groups excluding carboxylic acids is 1. The molecule has 0 unspecified atom stereocenters. The molecule has 0 aromatic heterocycles. The molecule has 3 aromatic carbocycles. The van der Waals surface area contributed by atoms with Crippen LogP contribution < -0.4 is 10.1 Å². The second-order valence-corrected chi connectivity index (χ2v) is 9.53. The quantitative estimate of drug-likeness (QED) is 0.428. The van der Waals surface area contributed by atoms with Crippen LogP contribution in [0.3, 0.4) is 0 Å². The predicted molar refractivity (Wildman–Crippen MR) is 138 cm³/mol. The third kappa shape index (κ3) is 7.19. The molecule has 4 rings (SSSR count). The van der Waals surface area contributed by atoms with E-state index < -0.39 is 0 Å². The topological polar surface area (TPSA) is 41.6 Å². The van der Waals surface area contributed by atoms with E-state index in [0.29, 0.717) is 18.7 Å². The monoisotopic (exact) mass is 456 g/mol. The number of aryl methyl sites for hydroxylation is 2. The molecule has 1 amide bonds. The van der Waals surface area contributed by atoms with Crippen LogP contribution in [0.5, 0.6) is 5.75 Å². The third-order valence-electron chi connectivity index (χ3n) is 6.55. The van der Waals surface area contributed by atoms with Gasteiger partial charge in [-0.3, -0.25) is 9.69 Å². The van der Waals surface area contributed by atoms with Gasteiger partial charge in [0.2, 0.25) is 0 Å². The van der Waals surface area contributed by atoms with Gasteiger partial charge in [0, 0.05) is 12.1 Å². The molecule has 0 atom stereocenters. The molecule has 0 aliphatic carbocycles. The zero-order valence-corrected chi connectivity index (χ0v) is 20.4. The number of piperidine rings is 1. The summed E-state index contributed by atoms with van der Waals surface area (Å²) in [7, 11) is 0. The molecule has 1 saturated heterocycles. The normalized spacial score (nSPS) is 14.6. The molecule has 34 heavy (non-hydrogen) atoms. The molecule has 0 spiro atoms. The number of nitrogens with one attached hydrogen (secondary N) is 1. The second kappa shape index (κ2) is 11.8. The van der Waals surface area contributed by atoms with Crippen molar-refractivity contribution >= 4 is 5.91 Å². The van der Waals surface area contributed by atoms with Gasteiger partial charge in [-0.25, -0.2) is 0 Å². The fourth-order valence-electron chi connectivity index (χ4n) is 4.77. The van der Waals surface area contributed by atoms with Crippen LogP contribution in [0, 0.1) is 19.8 Å². The molecule has 0 radical (unpaired) electrons. The van der Waals surface area contributed by atoms with Gasteiger partial charge in [0.05, 0.1) is 6.54 Å². The number of carbonyl (C=O) groups is 1.